The second-order valence-electron chi connectivity index (χ2n) is 3.25. The van der Waals surface area contributed by atoms with Crippen LogP contribution in [0.15, 0.2) is 22.1 Å². The van der Waals surface area contributed by atoms with Gasteiger partial charge in [-0.1, -0.05) is 0 Å². The molecule has 2 aromatic heterocycles. The number of aliphatic hydroxyl groups excluding tert-OH is 1. The third kappa shape index (κ3) is 2.40. The van der Waals surface area contributed by atoms with Gasteiger partial charge in [0.25, 0.3) is 0 Å². The van der Waals surface area contributed by atoms with Crippen LogP contribution in [0.1, 0.15) is 22.4 Å². The summed E-state index contributed by atoms with van der Waals surface area (Å²) in [6.07, 6.45) is 1.29. The summed E-state index contributed by atoms with van der Waals surface area (Å²) in [6, 6.07) is 1.67. The quantitative estimate of drug-likeness (QED) is 0.902. The summed E-state index contributed by atoms with van der Waals surface area (Å²) in [5, 5.41) is 13.0. The first-order valence-electron chi connectivity index (χ1n) is 4.49. The number of aromatic nitrogens is 1. The van der Waals surface area contributed by atoms with Gasteiger partial charge in [0.05, 0.1) is 17.4 Å². The lowest BCUT2D eigenvalue weighted by Crippen LogP contribution is -2.00. The van der Waals surface area contributed by atoms with Crippen LogP contribution in [-0.4, -0.2) is 10.1 Å². The Bertz CT molecular complexity index is 452. The molecule has 0 fully saturated rings. The summed E-state index contributed by atoms with van der Waals surface area (Å²) in [5.74, 6) is 0. The highest BCUT2D eigenvalue weighted by Crippen LogP contribution is 2.27. The molecule has 0 saturated carbocycles. The van der Waals surface area contributed by atoms with Gasteiger partial charge in [0.15, 0.2) is 5.22 Å². The van der Waals surface area contributed by atoms with Crippen LogP contribution in [0.2, 0.25) is 5.22 Å². The molecule has 1 atom stereocenters. The number of aliphatic hydroxyl groups is 1. The maximum atomic E-state index is 9.88. The van der Waals surface area contributed by atoms with Crippen molar-refractivity contribution >= 4 is 22.9 Å². The standard InChI is InChI=1S/C10H10ClNO2S/c1-6-5-15-9(12-6)4-8(13)7-2-3-14-10(7)11/h2-3,5,8,13H,4H2,1H3. The second kappa shape index (κ2) is 4.35. The van der Waals surface area contributed by atoms with Crippen molar-refractivity contribution in [2.24, 2.45) is 0 Å². The first-order chi connectivity index (χ1) is 7.16. The Morgan fingerprint density at radius 2 is 2.47 bits per heavy atom. The lowest BCUT2D eigenvalue weighted by atomic mass is 10.1. The van der Waals surface area contributed by atoms with Crippen LogP contribution >= 0.6 is 22.9 Å². The zero-order valence-electron chi connectivity index (χ0n) is 8.11. The minimum absolute atomic E-state index is 0.246. The van der Waals surface area contributed by atoms with Crippen molar-refractivity contribution in [1.29, 1.82) is 0 Å². The van der Waals surface area contributed by atoms with E-state index in [9.17, 15) is 5.11 Å². The van der Waals surface area contributed by atoms with Gasteiger partial charge in [0.1, 0.15) is 0 Å². The Labute approximate surface area is 96.3 Å². The molecular weight excluding hydrogens is 234 g/mol. The fraction of sp³-hybridized carbons (Fsp3) is 0.300. The van der Waals surface area contributed by atoms with Crippen LogP contribution in [0.25, 0.3) is 0 Å². The highest BCUT2D eigenvalue weighted by atomic mass is 35.5. The first-order valence-corrected chi connectivity index (χ1v) is 5.74. The molecule has 15 heavy (non-hydrogen) atoms. The molecule has 0 amide bonds. The Morgan fingerprint density at radius 3 is 3.00 bits per heavy atom. The number of furan rings is 1. The number of aryl methyl sites for hydroxylation is 1. The van der Waals surface area contributed by atoms with E-state index in [1.165, 1.54) is 17.6 Å². The summed E-state index contributed by atoms with van der Waals surface area (Å²) >= 11 is 7.30. The topological polar surface area (TPSA) is 46.3 Å². The van der Waals surface area contributed by atoms with Crippen LogP contribution in [0.3, 0.4) is 0 Å². The largest absolute Gasteiger partial charge is 0.453 e. The number of hydrogen-bond acceptors (Lipinski definition) is 4. The molecule has 0 aliphatic carbocycles. The van der Waals surface area contributed by atoms with E-state index < -0.39 is 6.10 Å². The Balaban J connectivity index is 2.10. The number of rotatable bonds is 3. The monoisotopic (exact) mass is 243 g/mol. The molecule has 5 heteroatoms. The maximum absolute atomic E-state index is 9.88. The van der Waals surface area contributed by atoms with Crippen molar-refractivity contribution in [2.75, 3.05) is 0 Å². The number of nitrogens with zero attached hydrogens (tertiary/aromatic N) is 1. The SMILES string of the molecule is Cc1csc(CC(O)c2ccoc2Cl)n1. The van der Waals surface area contributed by atoms with E-state index >= 15 is 0 Å². The van der Waals surface area contributed by atoms with Crippen molar-refractivity contribution in [3.63, 3.8) is 0 Å². The van der Waals surface area contributed by atoms with Crippen molar-refractivity contribution in [3.8, 4) is 0 Å². The van der Waals surface area contributed by atoms with E-state index in [0.29, 0.717) is 12.0 Å². The van der Waals surface area contributed by atoms with Gasteiger partial charge in [0.2, 0.25) is 0 Å². The lowest BCUT2D eigenvalue weighted by molar-refractivity contribution is 0.177. The van der Waals surface area contributed by atoms with Gasteiger partial charge in [-0.15, -0.1) is 11.3 Å². The van der Waals surface area contributed by atoms with Crippen molar-refractivity contribution in [2.45, 2.75) is 19.4 Å². The van der Waals surface area contributed by atoms with Crippen LogP contribution < -0.4 is 0 Å². The molecule has 0 radical (unpaired) electrons. The van der Waals surface area contributed by atoms with Gasteiger partial charge in [-0.3, -0.25) is 0 Å². The molecule has 1 unspecified atom stereocenters. The zero-order valence-corrected chi connectivity index (χ0v) is 9.68. The zero-order chi connectivity index (χ0) is 10.8. The smallest absolute Gasteiger partial charge is 0.198 e. The molecule has 0 aromatic carbocycles. The van der Waals surface area contributed by atoms with E-state index in [2.05, 4.69) is 4.98 Å². The van der Waals surface area contributed by atoms with Crippen molar-refractivity contribution in [3.05, 3.63) is 39.2 Å². The Hall–Kier alpha value is -0.840. The Morgan fingerprint density at radius 1 is 1.67 bits per heavy atom. The first kappa shape index (κ1) is 10.7. The normalized spacial score (nSPS) is 13.0. The van der Waals surface area contributed by atoms with Gasteiger partial charge in [-0.25, -0.2) is 4.98 Å². The fourth-order valence-electron chi connectivity index (χ4n) is 1.31. The average Bonchev–Trinajstić information content (AvgIpc) is 2.75. The highest BCUT2D eigenvalue weighted by Gasteiger charge is 2.15. The molecule has 0 bridgehead atoms. The number of halogens is 1. The molecular formula is C10H10ClNO2S. The summed E-state index contributed by atoms with van der Waals surface area (Å²) < 4.78 is 4.92. The van der Waals surface area contributed by atoms with E-state index in [0.717, 1.165) is 10.7 Å². The van der Waals surface area contributed by atoms with Crippen LogP contribution in [0.4, 0.5) is 0 Å². The minimum Gasteiger partial charge on any atom is -0.453 e. The second-order valence-corrected chi connectivity index (χ2v) is 4.54. The van der Waals surface area contributed by atoms with Gasteiger partial charge in [-0.05, 0) is 24.6 Å². The van der Waals surface area contributed by atoms with E-state index in [-0.39, 0.29) is 5.22 Å². The molecule has 0 spiro atoms. The lowest BCUT2D eigenvalue weighted by Gasteiger charge is -2.05. The predicted octanol–water partition coefficient (Wildman–Crippen LogP) is 2.97. The highest BCUT2D eigenvalue weighted by molar-refractivity contribution is 7.09. The van der Waals surface area contributed by atoms with Gasteiger partial charge in [-0.2, -0.15) is 0 Å². The number of hydrogen-bond donors (Lipinski definition) is 1. The van der Waals surface area contributed by atoms with Crippen molar-refractivity contribution in [1.82, 2.24) is 4.98 Å². The summed E-state index contributed by atoms with van der Waals surface area (Å²) in [6.45, 7) is 1.93. The molecule has 80 valence electrons. The molecule has 2 heterocycles. The van der Waals surface area contributed by atoms with Crippen LogP contribution in [0.5, 0.6) is 0 Å². The molecule has 3 nitrogen and oxygen atoms in total. The van der Waals surface area contributed by atoms with E-state index in [1.807, 2.05) is 12.3 Å². The molecule has 0 saturated heterocycles. The minimum atomic E-state index is -0.651. The van der Waals surface area contributed by atoms with E-state index in [4.69, 9.17) is 16.0 Å². The maximum Gasteiger partial charge on any atom is 0.198 e. The third-order valence-electron chi connectivity index (χ3n) is 2.04. The predicted molar refractivity (Wildman–Crippen MR) is 59.2 cm³/mol. The summed E-state index contributed by atoms with van der Waals surface area (Å²) in [5.41, 5.74) is 1.59. The van der Waals surface area contributed by atoms with Crippen molar-refractivity contribution < 1.29 is 9.52 Å². The molecule has 1 N–H and O–H groups in total. The molecule has 2 rings (SSSR count). The van der Waals surface area contributed by atoms with E-state index in [1.54, 1.807) is 6.07 Å². The number of thiazole rings is 1. The van der Waals surface area contributed by atoms with Gasteiger partial charge >= 0.3 is 0 Å². The third-order valence-corrected chi connectivity index (χ3v) is 3.34. The summed E-state index contributed by atoms with van der Waals surface area (Å²) in [7, 11) is 0. The van der Waals surface area contributed by atoms with Crippen LogP contribution in [-0.2, 0) is 6.42 Å². The fourth-order valence-corrected chi connectivity index (χ4v) is 2.36. The summed E-state index contributed by atoms with van der Waals surface area (Å²) in [4.78, 5) is 4.28. The average molecular weight is 244 g/mol. The Kier molecular flexibility index (Phi) is 3.09. The molecule has 2 aromatic rings. The van der Waals surface area contributed by atoms with Gasteiger partial charge in [0, 0.05) is 23.1 Å². The van der Waals surface area contributed by atoms with Gasteiger partial charge < -0.3 is 9.52 Å². The molecule has 0 aliphatic heterocycles. The van der Waals surface area contributed by atoms with Crippen LogP contribution in [0, 0.1) is 6.92 Å². The molecule has 0 aliphatic rings.